The number of primary amides is 1. The number of hydrogen-bond acceptors (Lipinski definition) is 6. The number of nitrogens with one attached hydrogen (secondary N) is 1. The Morgan fingerprint density at radius 2 is 1.89 bits per heavy atom. The van der Waals surface area contributed by atoms with Crippen LogP contribution in [0.4, 0.5) is 4.39 Å². The van der Waals surface area contributed by atoms with E-state index < -0.39 is 17.6 Å². The molecule has 11 heteroatoms. The van der Waals surface area contributed by atoms with Crippen molar-refractivity contribution < 1.29 is 21.6 Å². The molecule has 0 aliphatic carbocycles. The van der Waals surface area contributed by atoms with Gasteiger partial charge in [0.25, 0.3) is 11.8 Å². The second-order valence-corrected chi connectivity index (χ2v) is 11.0. The SMILES string of the molecule is CCc1nc(-c2cccc3cc(-c4ccc(C(=O)NC/C=C/c5cccc(C(N)=O)c5F)nc4)ncc23)c2n1CCN(C(C)=O)C2.[HH].[HH]. The maximum Gasteiger partial charge on any atom is 0.270 e. The Labute approximate surface area is 267 Å². The number of nitrogens with two attached hydrogens (primary N) is 1. The van der Waals surface area contributed by atoms with Gasteiger partial charge >= 0.3 is 0 Å². The molecule has 0 radical (unpaired) electrons. The third kappa shape index (κ3) is 5.86. The zero-order valence-electron chi connectivity index (χ0n) is 25.5. The Morgan fingerprint density at radius 1 is 1.07 bits per heavy atom. The van der Waals surface area contributed by atoms with Gasteiger partial charge in [-0.15, -0.1) is 0 Å². The molecule has 3 aromatic heterocycles. The molecule has 4 heterocycles. The van der Waals surface area contributed by atoms with Crippen molar-refractivity contribution in [1.29, 1.82) is 0 Å². The third-order valence-corrected chi connectivity index (χ3v) is 8.13. The lowest BCUT2D eigenvalue weighted by molar-refractivity contribution is -0.130. The molecule has 0 bridgehead atoms. The molecule has 0 unspecified atom stereocenters. The molecule has 1 aliphatic rings. The van der Waals surface area contributed by atoms with E-state index in [4.69, 9.17) is 15.7 Å². The molecule has 46 heavy (non-hydrogen) atoms. The van der Waals surface area contributed by atoms with Gasteiger partial charge in [-0.2, -0.15) is 0 Å². The van der Waals surface area contributed by atoms with Crippen molar-refractivity contribution in [3.63, 3.8) is 0 Å². The summed E-state index contributed by atoms with van der Waals surface area (Å²) in [5.74, 6) is -0.890. The van der Waals surface area contributed by atoms with Crippen LogP contribution in [0.3, 0.4) is 0 Å². The highest BCUT2D eigenvalue weighted by atomic mass is 19.1. The first-order chi connectivity index (χ1) is 22.2. The van der Waals surface area contributed by atoms with Gasteiger partial charge in [0.1, 0.15) is 17.3 Å². The average Bonchev–Trinajstić information content (AvgIpc) is 3.44. The molecule has 236 valence electrons. The summed E-state index contributed by atoms with van der Waals surface area (Å²) in [5.41, 5.74) is 9.74. The van der Waals surface area contributed by atoms with E-state index in [1.807, 2.05) is 35.4 Å². The van der Waals surface area contributed by atoms with Crippen LogP contribution in [0.15, 0.2) is 73.1 Å². The van der Waals surface area contributed by atoms with Gasteiger partial charge in [-0.3, -0.25) is 24.4 Å². The minimum Gasteiger partial charge on any atom is -0.366 e. The number of pyridine rings is 2. The molecule has 0 atom stereocenters. The maximum absolute atomic E-state index is 14.4. The van der Waals surface area contributed by atoms with Crippen LogP contribution in [0.5, 0.6) is 0 Å². The van der Waals surface area contributed by atoms with E-state index in [-0.39, 0.29) is 32.1 Å². The van der Waals surface area contributed by atoms with Crippen LogP contribution < -0.4 is 11.1 Å². The molecular weight excluding hydrogens is 585 g/mol. The summed E-state index contributed by atoms with van der Waals surface area (Å²) >= 11 is 0. The first-order valence-corrected chi connectivity index (χ1v) is 15.0. The van der Waals surface area contributed by atoms with Crippen LogP contribution in [0.2, 0.25) is 0 Å². The number of hydrogen-bond donors (Lipinski definition) is 2. The lowest BCUT2D eigenvalue weighted by Gasteiger charge is -2.28. The van der Waals surface area contributed by atoms with Gasteiger partial charge < -0.3 is 20.5 Å². The number of amides is 3. The molecule has 0 spiro atoms. The van der Waals surface area contributed by atoms with Gasteiger partial charge in [-0.25, -0.2) is 9.37 Å². The summed E-state index contributed by atoms with van der Waals surface area (Å²) < 4.78 is 16.6. The van der Waals surface area contributed by atoms with Crippen LogP contribution in [-0.4, -0.2) is 55.2 Å². The molecular formula is C35H36FN7O3. The Hall–Kier alpha value is -5.71. The highest BCUT2D eigenvalue weighted by molar-refractivity contribution is 5.98. The standard InChI is InChI=1S/C35H32FN7O3.2H2/c1-3-31-41-33(30-20-42(21(2)44)15-16-43(30)31)25-10-5-8-23-17-29(40-19-27(23)25)24-12-13-28(39-18-24)35(46)38-14-6-9-22-7-4-11-26(32(22)36)34(37)45;;/h4-13,17-19H,3,14-16,20H2,1-2H3,(H2,37,45)(H,38,46);2*1H/b9-6+;;. The number of halogens is 1. The number of fused-ring (bicyclic) bond motifs is 2. The molecule has 10 nitrogen and oxygen atoms in total. The van der Waals surface area contributed by atoms with E-state index in [0.717, 1.165) is 52.1 Å². The van der Waals surface area contributed by atoms with E-state index in [1.54, 1.807) is 31.3 Å². The Bertz CT molecular complexity index is 2030. The normalized spacial score (nSPS) is 12.8. The van der Waals surface area contributed by atoms with Crippen molar-refractivity contribution in [2.24, 2.45) is 5.73 Å². The quantitative estimate of drug-likeness (QED) is 0.243. The Morgan fingerprint density at radius 3 is 2.63 bits per heavy atom. The second-order valence-electron chi connectivity index (χ2n) is 11.0. The zero-order chi connectivity index (χ0) is 32.4. The number of aromatic nitrogens is 4. The first-order valence-electron chi connectivity index (χ1n) is 15.0. The minimum absolute atomic E-state index is 0. The number of carbonyl (C=O) groups excluding carboxylic acids is 3. The molecule has 5 aromatic rings. The fourth-order valence-corrected chi connectivity index (χ4v) is 5.71. The maximum atomic E-state index is 14.4. The number of carbonyl (C=O) groups is 3. The lowest BCUT2D eigenvalue weighted by Crippen LogP contribution is -2.37. The molecule has 6 rings (SSSR count). The van der Waals surface area contributed by atoms with Gasteiger partial charge in [-0.1, -0.05) is 49.4 Å². The van der Waals surface area contributed by atoms with Crippen LogP contribution in [0, 0.1) is 5.82 Å². The molecule has 3 amide bonds. The Kier molecular flexibility index (Phi) is 8.39. The number of imidazole rings is 1. The molecule has 3 N–H and O–H groups in total. The lowest BCUT2D eigenvalue weighted by atomic mass is 10.0. The van der Waals surface area contributed by atoms with E-state index >= 15 is 0 Å². The summed E-state index contributed by atoms with van der Waals surface area (Å²) in [5, 5.41) is 4.65. The van der Waals surface area contributed by atoms with Gasteiger partial charge in [0, 0.05) is 70.3 Å². The van der Waals surface area contributed by atoms with Crippen molar-refractivity contribution in [2.75, 3.05) is 13.1 Å². The molecule has 0 saturated carbocycles. The smallest absolute Gasteiger partial charge is 0.270 e. The van der Waals surface area contributed by atoms with E-state index in [1.165, 1.54) is 24.3 Å². The van der Waals surface area contributed by atoms with Gasteiger partial charge in [-0.05, 0) is 29.7 Å². The van der Waals surface area contributed by atoms with Crippen molar-refractivity contribution in [1.82, 2.24) is 29.7 Å². The first kappa shape index (κ1) is 30.3. The highest BCUT2D eigenvalue weighted by Crippen LogP contribution is 2.34. The number of rotatable bonds is 8. The van der Waals surface area contributed by atoms with Gasteiger partial charge in [0.05, 0.1) is 29.2 Å². The number of nitrogens with zero attached hydrogens (tertiary/aromatic N) is 5. The van der Waals surface area contributed by atoms with E-state index in [0.29, 0.717) is 18.8 Å². The molecule has 0 saturated heterocycles. The number of benzene rings is 2. The van der Waals surface area contributed by atoms with Crippen LogP contribution in [0.1, 0.15) is 54.6 Å². The largest absolute Gasteiger partial charge is 0.366 e. The topological polar surface area (TPSA) is 136 Å². The van der Waals surface area contributed by atoms with Crippen LogP contribution in [0.25, 0.3) is 39.4 Å². The van der Waals surface area contributed by atoms with Crippen molar-refractivity contribution in [2.45, 2.75) is 33.4 Å². The Balaban J connectivity index is 0.00000260. The van der Waals surface area contributed by atoms with Crippen molar-refractivity contribution in [3.8, 4) is 22.5 Å². The molecule has 0 fully saturated rings. The minimum atomic E-state index is -0.847. The predicted molar refractivity (Wildman–Crippen MR) is 177 cm³/mol. The third-order valence-electron chi connectivity index (χ3n) is 8.13. The van der Waals surface area contributed by atoms with E-state index in [9.17, 15) is 18.8 Å². The monoisotopic (exact) mass is 621 g/mol. The van der Waals surface area contributed by atoms with Gasteiger partial charge in [0.2, 0.25) is 5.91 Å². The molecule has 1 aliphatic heterocycles. The average molecular weight is 622 g/mol. The second kappa shape index (κ2) is 12.7. The summed E-state index contributed by atoms with van der Waals surface area (Å²) in [6.45, 7) is 5.73. The fraction of sp³-hybridized carbons (Fsp3) is 0.200. The molecule has 2 aromatic carbocycles. The summed E-state index contributed by atoms with van der Waals surface area (Å²) in [6, 6.07) is 15.8. The number of aryl methyl sites for hydroxylation is 1. The van der Waals surface area contributed by atoms with Crippen LogP contribution in [-0.2, 0) is 24.3 Å². The summed E-state index contributed by atoms with van der Waals surface area (Å²) in [4.78, 5) is 52.1. The van der Waals surface area contributed by atoms with Crippen LogP contribution >= 0.6 is 0 Å². The van der Waals surface area contributed by atoms with Crippen molar-refractivity contribution in [3.05, 3.63) is 107 Å². The van der Waals surface area contributed by atoms with Crippen molar-refractivity contribution >= 4 is 34.6 Å². The predicted octanol–water partition coefficient (Wildman–Crippen LogP) is 5.26. The van der Waals surface area contributed by atoms with E-state index in [2.05, 4.69) is 21.8 Å². The zero-order valence-corrected chi connectivity index (χ0v) is 25.5. The highest BCUT2D eigenvalue weighted by Gasteiger charge is 2.26. The fourth-order valence-electron chi connectivity index (χ4n) is 5.71. The van der Waals surface area contributed by atoms with Gasteiger partial charge in [0.15, 0.2) is 0 Å². The summed E-state index contributed by atoms with van der Waals surface area (Å²) in [6.07, 6.45) is 7.27. The summed E-state index contributed by atoms with van der Waals surface area (Å²) in [7, 11) is 0.